The van der Waals surface area contributed by atoms with Gasteiger partial charge in [0.15, 0.2) is 0 Å². The van der Waals surface area contributed by atoms with Crippen molar-refractivity contribution in [2.45, 2.75) is 20.3 Å². The first kappa shape index (κ1) is 20.2. The molecule has 7 heteroatoms. The molecule has 1 unspecified atom stereocenters. The standard InChI is InChI=1S/C20H24N2O5/c1-3-26-16-9-7-14(8-10-16)12-15(20(24)25)13-22-18(23)17-6-5-11-21-19(17)27-4-2/h5-11,15H,3-4,12-13H2,1-2H3,(H,22,23)(H,24,25). The topological polar surface area (TPSA) is 97.8 Å². The quantitative estimate of drug-likeness (QED) is 0.665. The lowest BCUT2D eigenvalue weighted by atomic mass is 9.99. The zero-order valence-electron chi connectivity index (χ0n) is 15.5. The van der Waals surface area contributed by atoms with Gasteiger partial charge in [-0.05, 0) is 50.1 Å². The maximum atomic E-state index is 12.4. The van der Waals surface area contributed by atoms with Gasteiger partial charge in [-0.1, -0.05) is 12.1 Å². The molecule has 0 aliphatic carbocycles. The number of carbonyl (C=O) groups is 2. The van der Waals surface area contributed by atoms with Gasteiger partial charge in [-0.3, -0.25) is 9.59 Å². The minimum absolute atomic E-state index is 0.00182. The van der Waals surface area contributed by atoms with Crippen molar-refractivity contribution < 1.29 is 24.2 Å². The summed E-state index contributed by atoms with van der Waals surface area (Å²) >= 11 is 0. The molecule has 7 nitrogen and oxygen atoms in total. The van der Waals surface area contributed by atoms with Gasteiger partial charge >= 0.3 is 5.97 Å². The van der Waals surface area contributed by atoms with Crippen molar-refractivity contribution in [1.29, 1.82) is 0 Å². The Morgan fingerprint density at radius 3 is 2.44 bits per heavy atom. The Bertz CT molecular complexity index is 761. The fourth-order valence-electron chi connectivity index (χ4n) is 2.55. The molecule has 1 amide bonds. The van der Waals surface area contributed by atoms with Crippen LogP contribution in [-0.2, 0) is 11.2 Å². The summed E-state index contributed by atoms with van der Waals surface area (Å²) in [6.45, 7) is 4.65. The van der Waals surface area contributed by atoms with E-state index in [0.717, 1.165) is 11.3 Å². The van der Waals surface area contributed by atoms with Gasteiger partial charge in [0.2, 0.25) is 5.88 Å². The second kappa shape index (κ2) is 10.2. The van der Waals surface area contributed by atoms with Gasteiger partial charge in [-0.15, -0.1) is 0 Å². The molecule has 0 aliphatic heterocycles. The van der Waals surface area contributed by atoms with Crippen molar-refractivity contribution in [1.82, 2.24) is 10.3 Å². The number of carboxylic acids is 1. The Hall–Kier alpha value is -3.09. The lowest BCUT2D eigenvalue weighted by Gasteiger charge is -2.15. The smallest absolute Gasteiger partial charge is 0.308 e. The first-order valence-electron chi connectivity index (χ1n) is 8.85. The highest BCUT2D eigenvalue weighted by atomic mass is 16.5. The zero-order valence-corrected chi connectivity index (χ0v) is 15.5. The van der Waals surface area contributed by atoms with Crippen LogP contribution in [-0.4, -0.2) is 41.7 Å². The van der Waals surface area contributed by atoms with E-state index in [9.17, 15) is 14.7 Å². The number of rotatable bonds is 10. The molecule has 0 bridgehead atoms. The van der Waals surface area contributed by atoms with Crippen LogP contribution in [0.4, 0.5) is 0 Å². The number of hydrogen-bond acceptors (Lipinski definition) is 5. The van der Waals surface area contributed by atoms with Crippen LogP contribution in [0.15, 0.2) is 42.6 Å². The van der Waals surface area contributed by atoms with Gasteiger partial charge in [0.25, 0.3) is 5.91 Å². The predicted molar refractivity (Wildman–Crippen MR) is 100 cm³/mol. The van der Waals surface area contributed by atoms with E-state index < -0.39 is 17.8 Å². The number of nitrogens with one attached hydrogen (secondary N) is 1. The molecular weight excluding hydrogens is 348 g/mol. The summed E-state index contributed by atoms with van der Waals surface area (Å²) in [4.78, 5) is 28.0. The van der Waals surface area contributed by atoms with Crippen molar-refractivity contribution in [3.63, 3.8) is 0 Å². The highest BCUT2D eigenvalue weighted by molar-refractivity contribution is 5.96. The van der Waals surface area contributed by atoms with Crippen LogP contribution in [0, 0.1) is 5.92 Å². The Morgan fingerprint density at radius 1 is 1.11 bits per heavy atom. The molecule has 0 aliphatic rings. The molecule has 27 heavy (non-hydrogen) atoms. The van der Waals surface area contributed by atoms with E-state index in [2.05, 4.69) is 10.3 Å². The summed E-state index contributed by atoms with van der Waals surface area (Å²) < 4.78 is 10.7. The summed E-state index contributed by atoms with van der Waals surface area (Å²) in [5.41, 5.74) is 1.14. The van der Waals surface area contributed by atoms with Crippen molar-refractivity contribution in [2.24, 2.45) is 5.92 Å². The van der Waals surface area contributed by atoms with Gasteiger partial charge in [-0.25, -0.2) is 4.98 Å². The largest absolute Gasteiger partial charge is 0.494 e. The fourth-order valence-corrected chi connectivity index (χ4v) is 2.55. The second-order valence-electron chi connectivity index (χ2n) is 5.82. The molecule has 1 heterocycles. The van der Waals surface area contributed by atoms with Crippen LogP contribution in [0.25, 0.3) is 0 Å². The molecule has 0 saturated carbocycles. The number of nitrogens with zero attached hydrogens (tertiary/aromatic N) is 1. The molecule has 1 aromatic carbocycles. The number of ether oxygens (including phenoxy) is 2. The third-order valence-electron chi connectivity index (χ3n) is 3.87. The number of pyridine rings is 1. The van der Waals surface area contributed by atoms with Crippen molar-refractivity contribution >= 4 is 11.9 Å². The number of carboxylic acid groups (broad SMARTS) is 1. The number of aromatic nitrogens is 1. The van der Waals surface area contributed by atoms with E-state index in [-0.39, 0.29) is 18.0 Å². The van der Waals surface area contributed by atoms with Gasteiger partial charge in [0, 0.05) is 12.7 Å². The summed E-state index contributed by atoms with van der Waals surface area (Å²) in [7, 11) is 0. The molecule has 0 radical (unpaired) electrons. The third kappa shape index (κ3) is 5.99. The minimum Gasteiger partial charge on any atom is -0.494 e. The van der Waals surface area contributed by atoms with Gasteiger partial charge < -0.3 is 19.9 Å². The maximum Gasteiger partial charge on any atom is 0.308 e. The van der Waals surface area contributed by atoms with Crippen molar-refractivity contribution in [3.05, 3.63) is 53.7 Å². The van der Waals surface area contributed by atoms with Crippen molar-refractivity contribution in [2.75, 3.05) is 19.8 Å². The van der Waals surface area contributed by atoms with Gasteiger partial charge in [0.1, 0.15) is 11.3 Å². The number of aliphatic carboxylic acids is 1. The molecule has 2 rings (SSSR count). The van der Waals surface area contributed by atoms with Crippen LogP contribution >= 0.6 is 0 Å². The van der Waals surface area contributed by atoms with Crippen LogP contribution in [0.2, 0.25) is 0 Å². The summed E-state index contributed by atoms with van der Waals surface area (Å²) in [5.74, 6) is -1.17. The Balaban J connectivity index is 2.00. The second-order valence-corrected chi connectivity index (χ2v) is 5.82. The Kier molecular flexibility index (Phi) is 7.61. The minimum atomic E-state index is -0.972. The van der Waals surface area contributed by atoms with Crippen LogP contribution < -0.4 is 14.8 Å². The molecule has 0 spiro atoms. The number of amides is 1. The zero-order chi connectivity index (χ0) is 19.6. The fraction of sp³-hybridized carbons (Fsp3) is 0.350. The van der Waals surface area contributed by atoms with E-state index in [4.69, 9.17) is 9.47 Å². The SMILES string of the molecule is CCOc1ccc(CC(CNC(=O)c2cccnc2OCC)C(=O)O)cc1. The highest BCUT2D eigenvalue weighted by Crippen LogP contribution is 2.17. The first-order valence-corrected chi connectivity index (χ1v) is 8.85. The lowest BCUT2D eigenvalue weighted by molar-refractivity contribution is -0.141. The number of hydrogen-bond donors (Lipinski definition) is 2. The van der Waals surface area contributed by atoms with E-state index in [0.29, 0.717) is 19.6 Å². The highest BCUT2D eigenvalue weighted by Gasteiger charge is 2.21. The summed E-state index contributed by atoms with van der Waals surface area (Å²) in [6.07, 6.45) is 1.83. The average molecular weight is 372 g/mol. The van der Waals surface area contributed by atoms with Gasteiger partial charge in [0.05, 0.1) is 19.1 Å². The van der Waals surface area contributed by atoms with Crippen LogP contribution in [0.5, 0.6) is 11.6 Å². The summed E-state index contributed by atoms with van der Waals surface area (Å²) in [6, 6.07) is 10.5. The van der Waals surface area contributed by atoms with Crippen molar-refractivity contribution in [3.8, 4) is 11.6 Å². The molecule has 1 aromatic heterocycles. The predicted octanol–water partition coefficient (Wildman–Crippen LogP) is 2.55. The van der Waals surface area contributed by atoms with E-state index >= 15 is 0 Å². The molecule has 0 saturated heterocycles. The monoisotopic (exact) mass is 372 g/mol. The van der Waals surface area contributed by atoms with Gasteiger partial charge in [-0.2, -0.15) is 0 Å². The van der Waals surface area contributed by atoms with E-state index in [1.807, 2.05) is 19.1 Å². The maximum absolute atomic E-state index is 12.4. The normalized spacial score (nSPS) is 11.5. The van der Waals surface area contributed by atoms with E-state index in [1.54, 1.807) is 31.2 Å². The Morgan fingerprint density at radius 2 is 1.81 bits per heavy atom. The number of benzene rings is 1. The molecule has 2 N–H and O–H groups in total. The number of carbonyl (C=O) groups excluding carboxylic acids is 1. The average Bonchev–Trinajstić information content (AvgIpc) is 2.67. The Labute approximate surface area is 158 Å². The third-order valence-corrected chi connectivity index (χ3v) is 3.87. The van der Waals surface area contributed by atoms with E-state index in [1.165, 1.54) is 6.20 Å². The molecular formula is C20H24N2O5. The molecule has 0 fully saturated rings. The lowest BCUT2D eigenvalue weighted by Crippen LogP contribution is -2.34. The molecule has 144 valence electrons. The van der Waals surface area contributed by atoms with Crippen LogP contribution in [0.3, 0.4) is 0 Å². The molecule has 2 aromatic rings. The molecule has 1 atom stereocenters. The first-order chi connectivity index (χ1) is 13.0. The van der Waals surface area contributed by atoms with Crippen LogP contribution in [0.1, 0.15) is 29.8 Å². The summed E-state index contributed by atoms with van der Waals surface area (Å²) in [5, 5.41) is 12.1.